The summed E-state index contributed by atoms with van der Waals surface area (Å²) in [7, 11) is 0. The van der Waals surface area contributed by atoms with Gasteiger partial charge >= 0.3 is 0 Å². The molecule has 0 fully saturated rings. The second kappa shape index (κ2) is 9.41. The molecule has 2 heterocycles. The molecule has 4 rings (SSSR count). The molecule has 1 aliphatic heterocycles. The first-order valence-electron chi connectivity index (χ1n) is 10.9. The van der Waals surface area contributed by atoms with Crippen molar-refractivity contribution >= 4 is 40.3 Å². The molecule has 0 bridgehead atoms. The molecule has 0 radical (unpaired) electrons. The number of hydrogen-bond donors (Lipinski definition) is 1. The van der Waals surface area contributed by atoms with E-state index in [0.29, 0.717) is 36.1 Å². The van der Waals surface area contributed by atoms with Gasteiger partial charge in [-0.1, -0.05) is 13.8 Å². The molecule has 2 aliphatic rings. The van der Waals surface area contributed by atoms with E-state index in [1.165, 1.54) is 17.0 Å². The van der Waals surface area contributed by atoms with Gasteiger partial charge in [-0.3, -0.25) is 19.8 Å². The number of ketones is 1. The summed E-state index contributed by atoms with van der Waals surface area (Å²) in [4.78, 5) is 26.9. The van der Waals surface area contributed by atoms with Crippen molar-refractivity contribution in [2.75, 3.05) is 10.7 Å². The van der Waals surface area contributed by atoms with Crippen LogP contribution < -0.4 is 10.6 Å². The van der Waals surface area contributed by atoms with Crippen molar-refractivity contribution in [1.82, 2.24) is 0 Å². The number of rotatable bonds is 6. The van der Waals surface area contributed by atoms with Crippen LogP contribution in [0.4, 0.5) is 11.4 Å². The molecular weight excluding hydrogens is 456 g/mol. The Morgan fingerprint density at radius 2 is 2.03 bits per heavy atom. The van der Waals surface area contributed by atoms with Gasteiger partial charge < -0.3 is 5.73 Å². The number of anilines is 1. The number of carbonyl (C=O) groups excluding carboxylic acids is 1. The van der Waals surface area contributed by atoms with Crippen LogP contribution in [0.5, 0.6) is 0 Å². The number of nitro groups is 1. The molecule has 2 aromatic rings. The summed E-state index contributed by atoms with van der Waals surface area (Å²) in [6.07, 6.45) is 2.66. The zero-order valence-corrected chi connectivity index (χ0v) is 20.1. The number of nitriles is 1. The Bertz CT molecular complexity index is 1220. The van der Waals surface area contributed by atoms with Gasteiger partial charge in [0.25, 0.3) is 5.69 Å². The summed E-state index contributed by atoms with van der Waals surface area (Å²) < 4.78 is 1.12. The van der Waals surface area contributed by atoms with Crippen molar-refractivity contribution in [3.05, 3.63) is 73.6 Å². The first kappa shape index (κ1) is 23.1. The van der Waals surface area contributed by atoms with Crippen molar-refractivity contribution < 1.29 is 9.72 Å². The molecule has 7 nitrogen and oxygen atoms in total. The van der Waals surface area contributed by atoms with E-state index >= 15 is 0 Å². The summed E-state index contributed by atoms with van der Waals surface area (Å²) in [5, 5.41) is 21.3. The lowest BCUT2D eigenvalue weighted by Gasteiger charge is -2.39. The highest BCUT2D eigenvalue weighted by Crippen LogP contribution is 2.50. The van der Waals surface area contributed by atoms with Gasteiger partial charge in [0.2, 0.25) is 0 Å². The third-order valence-corrected chi connectivity index (χ3v) is 8.42. The van der Waals surface area contributed by atoms with E-state index in [2.05, 4.69) is 26.0 Å². The molecule has 1 unspecified atom stereocenters. The van der Waals surface area contributed by atoms with Crippen LogP contribution >= 0.6 is 23.1 Å². The summed E-state index contributed by atoms with van der Waals surface area (Å²) in [5.74, 6) is 0.712. The monoisotopic (exact) mass is 480 g/mol. The van der Waals surface area contributed by atoms with Gasteiger partial charge in [0.1, 0.15) is 5.82 Å². The minimum Gasteiger partial charge on any atom is -0.384 e. The standard InChI is InChI=1S/C24H24N4O3S2/c1-3-16-12-17(24(33-16)32-4-2)21-18(13-25)23(26)27(19-6-5-7-20(29)22(19)21)14-8-10-15(11-9-14)28(30)31/h8-12,21H,3-7,26H2,1-2H3. The SMILES string of the molecule is CCSc1sc(CC)cc1C1C(C#N)=C(N)N(c2ccc([N+](=O)[O-])cc2)C2=C1C(=O)CCC2. The molecule has 1 aromatic carbocycles. The molecule has 2 N–H and O–H groups in total. The van der Waals surface area contributed by atoms with E-state index in [9.17, 15) is 20.2 Å². The van der Waals surface area contributed by atoms with Crippen molar-refractivity contribution in [3.8, 4) is 6.07 Å². The number of nitro benzene ring substituents is 1. The molecule has 0 amide bonds. The number of Topliss-reactive ketones (excluding diaryl/α,β-unsaturated/α-hetero) is 1. The van der Waals surface area contributed by atoms with Gasteiger partial charge in [-0.15, -0.1) is 23.1 Å². The van der Waals surface area contributed by atoms with E-state index in [4.69, 9.17) is 5.73 Å². The van der Waals surface area contributed by atoms with Crippen LogP contribution in [0.2, 0.25) is 0 Å². The lowest BCUT2D eigenvalue weighted by molar-refractivity contribution is -0.384. The lowest BCUT2D eigenvalue weighted by Crippen LogP contribution is -2.38. The third-order valence-electron chi connectivity index (χ3n) is 5.94. The second-order valence-corrected chi connectivity index (χ2v) is 10.5. The molecule has 1 atom stereocenters. The molecule has 1 aliphatic carbocycles. The Morgan fingerprint density at radius 3 is 2.64 bits per heavy atom. The second-order valence-electron chi connectivity index (χ2n) is 7.83. The predicted octanol–water partition coefficient (Wildman–Crippen LogP) is 5.64. The summed E-state index contributed by atoms with van der Waals surface area (Å²) in [6, 6.07) is 10.5. The van der Waals surface area contributed by atoms with Crippen LogP contribution in [0.3, 0.4) is 0 Å². The summed E-state index contributed by atoms with van der Waals surface area (Å²) >= 11 is 3.43. The maximum absolute atomic E-state index is 13.3. The van der Waals surface area contributed by atoms with Crippen LogP contribution in [0.1, 0.15) is 49.5 Å². The van der Waals surface area contributed by atoms with Gasteiger partial charge in [0.15, 0.2) is 5.78 Å². The normalized spacial score (nSPS) is 18.4. The fraction of sp³-hybridized carbons (Fsp3) is 0.333. The van der Waals surface area contributed by atoms with E-state index < -0.39 is 10.8 Å². The van der Waals surface area contributed by atoms with Gasteiger partial charge in [-0.2, -0.15) is 5.26 Å². The number of benzene rings is 1. The van der Waals surface area contributed by atoms with Crippen LogP contribution in [-0.2, 0) is 11.2 Å². The highest BCUT2D eigenvalue weighted by Gasteiger charge is 2.41. The molecule has 33 heavy (non-hydrogen) atoms. The van der Waals surface area contributed by atoms with Crippen LogP contribution in [-0.4, -0.2) is 16.5 Å². The number of carbonyl (C=O) groups is 1. The highest BCUT2D eigenvalue weighted by molar-refractivity contribution is 8.01. The number of hydrogen-bond acceptors (Lipinski definition) is 8. The number of nitrogens with zero attached hydrogens (tertiary/aromatic N) is 3. The van der Waals surface area contributed by atoms with Crippen molar-refractivity contribution in [3.63, 3.8) is 0 Å². The fourth-order valence-corrected chi connectivity index (χ4v) is 6.85. The van der Waals surface area contributed by atoms with Gasteiger partial charge in [-0.05, 0) is 48.8 Å². The summed E-state index contributed by atoms with van der Waals surface area (Å²) in [5.41, 5.74) is 9.93. The molecular formula is C24H24N4O3S2. The Labute approximate surface area is 200 Å². The van der Waals surface area contributed by atoms with Crippen molar-refractivity contribution in [1.29, 1.82) is 5.26 Å². The third kappa shape index (κ3) is 4.05. The van der Waals surface area contributed by atoms with Crippen LogP contribution in [0.25, 0.3) is 0 Å². The first-order valence-corrected chi connectivity index (χ1v) is 12.7. The fourth-order valence-electron chi connectivity index (χ4n) is 4.47. The molecule has 0 saturated heterocycles. The molecule has 170 valence electrons. The van der Waals surface area contributed by atoms with E-state index in [-0.39, 0.29) is 17.3 Å². The largest absolute Gasteiger partial charge is 0.384 e. The maximum atomic E-state index is 13.3. The van der Waals surface area contributed by atoms with Crippen LogP contribution in [0, 0.1) is 21.4 Å². The topological polar surface area (TPSA) is 113 Å². The predicted molar refractivity (Wildman–Crippen MR) is 131 cm³/mol. The molecule has 0 spiro atoms. The number of thioether (sulfide) groups is 1. The number of aryl methyl sites for hydroxylation is 1. The Hall–Kier alpha value is -3.09. The number of nitrogens with two attached hydrogens (primary N) is 1. The summed E-state index contributed by atoms with van der Waals surface area (Å²) in [6.45, 7) is 4.18. The maximum Gasteiger partial charge on any atom is 0.269 e. The molecule has 0 saturated carbocycles. The van der Waals surface area contributed by atoms with E-state index in [0.717, 1.165) is 27.6 Å². The van der Waals surface area contributed by atoms with E-state index in [1.54, 1.807) is 40.1 Å². The minimum absolute atomic E-state index is 0.0304. The van der Waals surface area contributed by atoms with Crippen LogP contribution in [0.15, 0.2) is 57.2 Å². The highest BCUT2D eigenvalue weighted by atomic mass is 32.2. The Morgan fingerprint density at radius 1 is 1.30 bits per heavy atom. The Balaban J connectivity index is 1.93. The molecule has 9 heteroatoms. The average Bonchev–Trinajstić information content (AvgIpc) is 3.21. The molecule has 1 aromatic heterocycles. The quantitative estimate of drug-likeness (QED) is 0.323. The Kier molecular flexibility index (Phi) is 6.58. The van der Waals surface area contributed by atoms with Gasteiger partial charge in [-0.25, -0.2) is 0 Å². The first-order chi connectivity index (χ1) is 15.9. The number of non-ortho nitro benzene ring substituents is 1. The van der Waals surface area contributed by atoms with Crippen molar-refractivity contribution in [2.45, 2.75) is 49.7 Å². The lowest BCUT2D eigenvalue weighted by atomic mass is 9.76. The van der Waals surface area contributed by atoms with Gasteiger partial charge in [0, 0.05) is 40.4 Å². The van der Waals surface area contributed by atoms with E-state index in [1.807, 2.05) is 0 Å². The number of thiophene rings is 1. The van der Waals surface area contributed by atoms with Crippen molar-refractivity contribution in [2.24, 2.45) is 5.73 Å². The minimum atomic E-state index is -0.488. The zero-order valence-electron chi connectivity index (χ0n) is 18.5. The smallest absolute Gasteiger partial charge is 0.269 e. The zero-order chi connectivity index (χ0) is 23.7. The average molecular weight is 481 g/mol. The number of allylic oxidation sites excluding steroid dienone is 3. The van der Waals surface area contributed by atoms with Gasteiger partial charge in [0.05, 0.1) is 26.7 Å².